The summed E-state index contributed by atoms with van der Waals surface area (Å²) in [5, 5.41) is 8.93. The molecule has 1 amide bonds. The van der Waals surface area contributed by atoms with Crippen LogP contribution in [0.15, 0.2) is 24.3 Å². The van der Waals surface area contributed by atoms with E-state index in [1.54, 1.807) is 12.1 Å². The molecule has 0 aliphatic carbocycles. The van der Waals surface area contributed by atoms with E-state index in [1.165, 1.54) is 17.6 Å². The number of hydrogen-bond acceptors (Lipinski definition) is 5. The van der Waals surface area contributed by atoms with Crippen molar-refractivity contribution in [3.05, 3.63) is 35.4 Å². The first-order chi connectivity index (χ1) is 10.6. The number of thioether (sulfide) groups is 2. The van der Waals surface area contributed by atoms with Crippen molar-refractivity contribution in [3.8, 4) is 0 Å². The van der Waals surface area contributed by atoms with Crippen LogP contribution in [-0.4, -0.2) is 60.2 Å². The van der Waals surface area contributed by atoms with Crippen molar-refractivity contribution in [1.82, 2.24) is 4.90 Å². The summed E-state index contributed by atoms with van der Waals surface area (Å²) in [5.74, 6) is 0.997. The number of benzene rings is 1. The normalized spacial score (nSPS) is 15.0. The number of carboxylic acids is 1. The Balaban J connectivity index is 2.06. The van der Waals surface area contributed by atoms with Gasteiger partial charge >= 0.3 is 5.97 Å². The molecule has 0 aromatic heterocycles. The average Bonchev–Trinajstić information content (AvgIpc) is 3.05. The maximum Gasteiger partial charge on any atom is 0.323 e. The Morgan fingerprint density at radius 1 is 1.27 bits per heavy atom. The summed E-state index contributed by atoms with van der Waals surface area (Å²) < 4.78 is 5.37. The number of nitrogens with zero attached hydrogens (tertiary/aromatic N) is 1. The van der Waals surface area contributed by atoms with Crippen LogP contribution >= 0.6 is 23.5 Å². The first kappa shape index (κ1) is 17.2. The first-order valence-corrected chi connectivity index (χ1v) is 9.04. The van der Waals surface area contributed by atoms with Crippen molar-refractivity contribution in [2.45, 2.75) is 4.58 Å². The van der Waals surface area contributed by atoms with E-state index >= 15 is 0 Å². The summed E-state index contributed by atoms with van der Waals surface area (Å²) in [4.78, 5) is 24.6. The number of amides is 1. The van der Waals surface area contributed by atoms with Crippen LogP contribution in [0, 0.1) is 0 Å². The number of carbonyl (C=O) groups is 2. The fourth-order valence-electron chi connectivity index (χ4n) is 2.13. The van der Waals surface area contributed by atoms with Gasteiger partial charge in [0.2, 0.25) is 0 Å². The lowest BCUT2D eigenvalue weighted by Gasteiger charge is -2.20. The molecule has 0 saturated carbocycles. The van der Waals surface area contributed by atoms with Crippen LogP contribution in [0.25, 0.3) is 0 Å². The summed E-state index contributed by atoms with van der Waals surface area (Å²) in [7, 11) is 1.52. The van der Waals surface area contributed by atoms with Gasteiger partial charge in [0.05, 0.1) is 11.2 Å². The van der Waals surface area contributed by atoms with Gasteiger partial charge in [-0.1, -0.05) is 12.1 Å². The maximum absolute atomic E-state index is 12.4. The maximum atomic E-state index is 12.4. The quantitative estimate of drug-likeness (QED) is 0.821. The molecule has 1 saturated heterocycles. The van der Waals surface area contributed by atoms with Crippen LogP contribution in [0.4, 0.5) is 0 Å². The topological polar surface area (TPSA) is 66.8 Å². The Hall–Kier alpha value is -1.18. The third-order valence-electron chi connectivity index (χ3n) is 3.23. The molecule has 1 heterocycles. The van der Waals surface area contributed by atoms with Crippen molar-refractivity contribution in [2.75, 3.05) is 38.3 Å². The molecular weight excluding hydrogens is 322 g/mol. The van der Waals surface area contributed by atoms with Crippen LogP contribution in [0.3, 0.4) is 0 Å². The highest BCUT2D eigenvalue weighted by Gasteiger charge is 2.21. The van der Waals surface area contributed by atoms with Gasteiger partial charge in [0.15, 0.2) is 0 Å². The van der Waals surface area contributed by atoms with Gasteiger partial charge in [-0.25, -0.2) is 0 Å². The minimum absolute atomic E-state index is 0.262. The molecule has 1 aromatic carbocycles. The molecule has 1 N–H and O–H groups in total. The minimum Gasteiger partial charge on any atom is -0.480 e. The van der Waals surface area contributed by atoms with E-state index in [0.717, 1.165) is 11.5 Å². The van der Waals surface area contributed by atoms with Gasteiger partial charge in [0.1, 0.15) is 6.54 Å². The number of ether oxygens (including phenoxy) is 1. The van der Waals surface area contributed by atoms with Crippen molar-refractivity contribution in [1.29, 1.82) is 0 Å². The van der Waals surface area contributed by atoms with Gasteiger partial charge in [-0.3, -0.25) is 9.59 Å². The Morgan fingerprint density at radius 2 is 1.91 bits per heavy atom. The van der Waals surface area contributed by atoms with Crippen LogP contribution < -0.4 is 0 Å². The predicted octanol–water partition coefficient (Wildman–Crippen LogP) is 2.34. The van der Waals surface area contributed by atoms with Crippen molar-refractivity contribution < 1.29 is 19.4 Å². The molecule has 7 heteroatoms. The fraction of sp³-hybridized carbons (Fsp3) is 0.467. The van der Waals surface area contributed by atoms with Crippen molar-refractivity contribution in [3.63, 3.8) is 0 Å². The summed E-state index contributed by atoms with van der Waals surface area (Å²) in [6.07, 6.45) is 0. The number of methoxy groups -OCH3 is 1. The lowest BCUT2D eigenvalue weighted by molar-refractivity contribution is -0.137. The average molecular weight is 341 g/mol. The molecule has 2 rings (SSSR count). The third kappa shape index (κ3) is 4.66. The minimum atomic E-state index is -1.03. The highest BCUT2D eigenvalue weighted by Crippen LogP contribution is 2.45. The molecule has 0 unspecified atom stereocenters. The van der Waals surface area contributed by atoms with Gasteiger partial charge in [-0.15, -0.1) is 23.5 Å². The van der Waals surface area contributed by atoms with Gasteiger partial charge in [-0.05, 0) is 17.7 Å². The molecule has 1 fully saturated rings. The fourth-order valence-corrected chi connectivity index (χ4v) is 4.99. The highest BCUT2D eigenvalue weighted by molar-refractivity contribution is 8.19. The van der Waals surface area contributed by atoms with Gasteiger partial charge in [0.25, 0.3) is 5.91 Å². The second-order valence-corrected chi connectivity index (χ2v) is 7.53. The Kier molecular flexibility index (Phi) is 6.60. The molecule has 22 heavy (non-hydrogen) atoms. The van der Waals surface area contributed by atoms with E-state index in [1.807, 2.05) is 35.7 Å². The molecule has 1 aliphatic rings. The lowest BCUT2D eigenvalue weighted by atomic mass is 10.1. The van der Waals surface area contributed by atoms with Crippen LogP contribution in [0.5, 0.6) is 0 Å². The number of aliphatic carboxylic acids is 1. The van der Waals surface area contributed by atoms with E-state index < -0.39 is 5.97 Å². The van der Waals surface area contributed by atoms with E-state index in [9.17, 15) is 9.59 Å². The number of hydrogen-bond donors (Lipinski definition) is 1. The van der Waals surface area contributed by atoms with Crippen LogP contribution in [0.2, 0.25) is 0 Å². The zero-order valence-electron chi connectivity index (χ0n) is 12.4. The Bertz CT molecular complexity index is 515. The van der Waals surface area contributed by atoms with E-state index in [-0.39, 0.29) is 19.0 Å². The molecule has 1 aromatic rings. The van der Waals surface area contributed by atoms with Crippen LogP contribution in [0.1, 0.15) is 20.5 Å². The third-order valence-corrected chi connectivity index (χ3v) is 6.33. The van der Waals surface area contributed by atoms with Gasteiger partial charge < -0.3 is 14.7 Å². The largest absolute Gasteiger partial charge is 0.480 e. The van der Waals surface area contributed by atoms with Gasteiger partial charge in [-0.2, -0.15) is 0 Å². The molecule has 0 bridgehead atoms. The molecule has 0 radical (unpaired) electrons. The van der Waals surface area contributed by atoms with E-state index in [0.29, 0.717) is 16.8 Å². The number of carboxylic acid groups (broad SMARTS) is 1. The standard InChI is InChI=1S/C15H19NO4S2/c1-20-7-6-16(10-13(17)18)14(19)11-2-4-12(5-3-11)15-21-8-9-22-15/h2-5,15H,6-10H2,1H3,(H,17,18). The Labute approximate surface area is 138 Å². The van der Waals surface area contributed by atoms with E-state index in [2.05, 4.69) is 0 Å². The summed E-state index contributed by atoms with van der Waals surface area (Å²) in [6, 6.07) is 7.47. The monoisotopic (exact) mass is 341 g/mol. The molecule has 0 spiro atoms. The highest BCUT2D eigenvalue weighted by atomic mass is 32.2. The molecule has 5 nitrogen and oxygen atoms in total. The summed E-state index contributed by atoms with van der Waals surface area (Å²) in [5.41, 5.74) is 1.71. The number of rotatable bonds is 7. The summed E-state index contributed by atoms with van der Waals surface area (Å²) in [6.45, 7) is 0.252. The van der Waals surface area contributed by atoms with Crippen molar-refractivity contribution in [2.24, 2.45) is 0 Å². The van der Waals surface area contributed by atoms with Gasteiger partial charge in [0, 0.05) is 30.7 Å². The lowest BCUT2D eigenvalue weighted by Crippen LogP contribution is -2.38. The van der Waals surface area contributed by atoms with E-state index in [4.69, 9.17) is 9.84 Å². The smallest absolute Gasteiger partial charge is 0.323 e. The zero-order valence-corrected chi connectivity index (χ0v) is 14.0. The second-order valence-electron chi connectivity index (χ2n) is 4.81. The molecule has 120 valence electrons. The molecular formula is C15H19NO4S2. The number of carbonyl (C=O) groups excluding carboxylic acids is 1. The van der Waals surface area contributed by atoms with Crippen LogP contribution in [-0.2, 0) is 9.53 Å². The zero-order chi connectivity index (χ0) is 15.9. The first-order valence-electron chi connectivity index (χ1n) is 6.95. The Morgan fingerprint density at radius 3 is 2.45 bits per heavy atom. The van der Waals surface area contributed by atoms with Crippen molar-refractivity contribution >= 4 is 35.4 Å². The summed E-state index contributed by atoms with van der Waals surface area (Å²) >= 11 is 3.82. The molecule has 0 atom stereocenters. The second kappa shape index (κ2) is 8.45. The SMILES string of the molecule is COCCN(CC(=O)O)C(=O)c1ccc(C2SCCS2)cc1. The molecule has 1 aliphatic heterocycles. The predicted molar refractivity (Wildman–Crippen MR) is 89.5 cm³/mol.